The number of pyridine rings is 1. The quantitative estimate of drug-likeness (QED) is 0.819. The minimum absolute atomic E-state index is 0.0731. The van der Waals surface area contributed by atoms with Crippen LogP contribution in [0, 0.1) is 6.92 Å². The number of nitrogens with two attached hydrogens (primary N) is 2. The van der Waals surface area contributed by atoms with Gasteiger partial charge in [0.1, 0.15) is 10.7 Å². The summed E-state index contributed by atoms with van der Waals surface area (Å²) in [7, 11) is -2.74. The lowest BCUT2D eigenvalue weighted by Gasteiger charge is -2.16. The van der Waals surface area contributed by atoms with E-state index in [-0.39, 0.29) is 34.0 Å². The number of hydrogen-bond donors (Lipinski definition) is 2. The Balaban J connectivity index is 2.62. The van der Waals surface area contributed by atoms with Gasteiger partial charge in [-0.2, -0.15) is 0 Å². The average Bonchev–Trinajstić information content (AvgIpc) is 2.48. The predicted molar refractivity (Wildman–Crippen MR) is 87.5 cm³/mol. The molecule has 0 fully saturated rings. The molecule has 4 N–H and O–H groups in total. The first kappa shape index (κ1) is 17.9. The summed E-state index contributed by atoms with van der Waals surface area (Å²) < 4.78 is 34.3. The lowest BCUT2D eigenvalue weighted by Crippen LogP contribution is -2.15. The molecule has 2 aromatic heterocycles. The van der Waals surface area contributed by atoms with E-state index in [1.165, 1.54) is 19.4 Å². The summed E-state index contributed by atoms with van der Waals surface area (Å²) in [5, 5.41) is 5.22. The van der Waals surface area contributed by atoms with Crippen LogP contribution in [0.1, 0.15) is 31.3 Å². The Kier molecular flexibility index (Phi) is 4.90. The van der Waals surface area contributed by atoms with Crippen molar-refractivity contribution in [3.63, 3.8) is 0 Å². The third-order valence-electron chi connectivity index (χ3n) is 3.12. The molecule has 0 unspecified atom stereocenters. The molecule has 0 aromatic carbocycles. The maximum Gasteiger partial charge on any atom is 0.243 e. The van der Waals surface area contributed by atoms with Crippen molar-refractivity contribution in [2.24, 2.45) is 5.14 Å². The molecule has 0 amide bonds. The number of rotatable bonds is 5. The van der Waals surface area contributed by atoms with Gasteiger partial charge in [0.2, 0.25) is 15.9 Å². The Morgan fingerprint density at radius 2 is 1.88 bits per heavy atom. The summed E-state index contributed by atoms with van der Waals surface area (Å²) >= 11 is 0. The second-order valence-electron chi connectivity index (χ2n) is 5.35. The van der Waals surface area contributed by atoms with Gasteiger partial charge in [0.25, 0.3) is 0 Å². The molecule has 0 radical (unpaired) electrons. The van der Waals surface area contributed by atoms with E-state index in [9.17, 15) is 8.42 Å². The number of hydrogen-bond acceptors (Lipinski definition) is 8. The normalized spacial score (nSPS) is 11.6. The number of primary sulfonamides is 1. The van der Waals surface area contributed by atoms with Gasteiger partial charge in [-0.05, 0) is 12.8 Å². The fraction of sp³-hybridized carbons (Fsp3) is 0.357. The van der Waals surface area contributed by atoms with Gasteiger partial charge in [-0.1, -0.05) is 13.8 Å². The molecule has 0 atom stereocenters. The molecule has 0 aliphatic heterocycles. The number of ether oxygens (including phenoxy) is 2. The van der Waals surface area contributed by atoms with Gasteiger partial charge in [-0.3, -0.25) is 0 Å². The van der Waals surface area contributed by atoms with Crippen LogP contribution in [0.25, 0.3) is 0 Å². The van der Waals surface area contributed by atoms with Crippen molar-refractivity contribution in [1.82, 2.24) is 15.0 Å². The molecule has 0 saturated carbocycles. The molecule has 0 saturated heterocycles. The van der Waals surface area contributed by atoms with Crippen LogP contribution < -0.4 is 20.3 Å². The minimum Gasteiger partial charge on any atom is -0.480 e. The number of nitrogens with zero attached hydrogens (tertiary/aromatic N) is 3. The van der Waals surface area contributed by atoms with E-state index in [4.69, 9.17) is 20.3 Å². The first-order valence-corrected chi connectivity index (χ1v) is 8.56. The van der Waals surface area contributed by atoms with E-state index >= 15 is 0 Å². The highest BCUT2D eigenvalue weighted by Crippen LogP contribution is 2.36. The van der Waals surface area contributed by atoms with Crippen LogP contribution in [0.2, 0.25) is 0 Å². The minimum atomic E-state index is -4.05. The molecule has 2 heterocycles. The zero-order valence-corrected chi connectivity index (χ0v) is 14.6. The van der Waals surface area contributed by atoms with Crippen LogP contribution in [-0.4, -0.2) is 30.5 Å². The highest BCUT2D eigenvalue weighted by molar-refractivity contribution is 7.89. The second kappa shape index (κ2) is 6.57. The van der Waals surface area contributed by atoms with Gasteiger partial charge in [0.05, 0.1) is 19.0 Å². The highest BCUT2D eigenvalue weighted by Gasteiger charge is 2.23. The monoisotopic (exact) mass is 353 g/mol. The maximum absolute atomic E-state index is 11.8. The molecular weight excluding hydrogens is 334 g/mol. The van der Waals surface area contributed by atoms with Crippen LogP contribution in [0.4, 0.5) is 5.82 Å². The summed E-state index contributed by atoms with van der Waals surface area (Å²) in [6.07, 6.45) is 1.41. The van der Waals surface area contributed by atoms with Crippen molar-refractivity contribution in [2.45, 2.75) is 31.6 Å². The number of anilines is 1. The summed E-state index contributed by atoms with van der Waals surface area (Å²) in [5.74, 6) is 0.828. The Hall–Kier alpha value is -2.46. The van der Waals surface area contributed by atoms with Crippen molar-refractivity contribution >= 4 is 15.8 Å². The van der Waals surface area contributed by atoms with E-state index in [0.29, 0.717) is 11.5 Å². The lowest BCUT2D eigenvalue weighted by atomic mass is 10.1. The van der Waals surface area contributed by atoms with Gasteiger partial charge in [-0.15, -0.1) is 0 Å². The summed E-state index contributed by atoms with van der Waals surface area (Å²) in [6.45, 7) is 5.44. The molecule has 2 aromatic rings. The molecule has 0 aliphatic carbocycles. The fourth-order valence-corrected chi connectivity index (χ4v) is 2.64. The number of nitrogen functional groups attached to an aromatic ring is 1. The summed E-state index contributed by atoms with van der Waals surface area (Å²) in [4.78, 5) is 11.9. The van der Waals surface area contributed by atoms with Crippen LogP contribution in [-0.2, 0) is 10.0 Å². The molecule has 10 heteroatoms. The molecule has 2 rings (SSSR count). The van der Waals surface area contributed by atoms with Crippen LogP contribution in [0.3, 0.4) is 0 Å². The van der Waals surface area contributed by atoms with E-state index in [0.717, 1.165) is 0 Å². The number of sulfonamides is 1. The highest BCUT2D eigenvalue weighted by atomic mass is 32.2. The molecular formula is C14H19N5O4S. The standard InChI is InChI=1S/C14H19N5O4S/c1-7(2)12-9(23-10-6-17-8(3)18-13(10)15)5-11(24(16,20)21)14(19-12)22-4/h5-7H,1-4H3,(H2,15,17,18)(H2,16,20,21). The van der Waals surface area contributed by atoms with Crippen LogP contribution in [0.5, 0.6) is 17.4 Å². The largest absolute Gasteiger partial charge is 0.480 e. The Morgan fingerprint density at radius 3 is 2.38 bits per heavy atom. The van der Waals surface area contributed by atoms with Crippen LogP contribution >= 0.6 is 0 Å². The molecule has 0 bridgehead atoms. The molecule has 24 heavy (non-hydrogen) atoms. The predicted octanol–water partition coefficient (Wildman–Crippen LogP) is 1.33. The van der Waals surface area contributed by atoms with Crippen molar-refractivity contribution < 1.29 is 17.9 Å². The van der Waals surface area contributed by atoms with E-state index in [2.05, 4.69) is 15.0 Å². The third-order valence-corrected chi connectivity index (χ3v) is 4.02. The van der Waals surface area contributed by atoms with Crippen LogP contribution in [0.15, 0.2) is 17.2 Å². The van der Waals surface area contributed by atoms with Gasteiger partial charge in [0, 0.05) is 6.07 Å². The second-order valence-corrected chi connectivity index (χ2v) is 6.88. The Bertz CT molecular complexity index is 868. The molecule has 0 aliphatic rings. The molecule has 0 spiro atoms. The molecule has 130 valence electrons. The van der Waals surface area contributed by atoms with E-state index in [1.54, 1.807) is 6.92 Å². The Labute approximate surface area is 140 Å². The lowest BCUT2D eigenvalue weighted by molar-refractivity contribution is 0.377. The zero-order chi connectivity index (χ0) is 18.1. The third kappa shape index (κ3) is 3.71. The average molecular weight is 353 g/mol. The van der Waals surface area contributed by atoms with E-state index < -0.39 is 10.0 Å². The topological polar surface area (TPSA) is 143 Å². The first-order chi connectivity index (χ1) is 11.1. The smallest absolute Gasteiger partial charge is 0.243 e. The van der Waals surface area contributed by atoms with Gasteiger partial charge >= 0.3 is 0 Å². The van der Waals surface area contributed by atoms with Crippen molar-refractivity contribution in [2.75, 3.05) is 12.8 Å². The number of aromatic nitrogens is 3. The SMILES string of the molecule is COc1nc(C(C)C)c(Oc2cnc(C)nc2N)cc1S(N)(=O)=O. The van der Waals surface area contributed by atoms with Crippen molar-refractivity contribution in [3.05, 3.63) is 23.8 Å². The van der Waals surface area contributed by atoms with Gasteiger partial charge in [0.15, 0.2) is 17.3 Å². The van der Waals surface area contributed by atoms with E-state index in [1.807, 2.05) is 13.8 Å². The fourth-order valence-electron chi connectivity index (χ4n) is 1.99. The summed E-state index contributed by atoms with van der Waals surface area (Å²) in [6, 6.07) is 1.26. The van der Waals surface area contributed by atoms with Gasteiger partial charge < -0.3 is 15.2 Å². The summed E-state index contributed by atoms with van der Waals surface area (Å²) in [5.41, 5.74) is 6.30. The van der Waals surface area contributed by atoms with Crippen molar-refractivity contribution in [1.29, 1.82) is 0 Å². The maximum atomic E-state index is 11.8. The first-order valence-electron chi connectivity index (χ1n) is 7.02. The van der Waals surface area contributed by atoms with Crippen molar-refractivity contribution in [3.8, 4) is 17.4 Å². The van der Waals surface area contributed by atoms with Gasteiger partial charge in [-0.25, -0.2) is 28.5 Å². The zero-order valence-electron chi connectivity index (χ0n) is 13.8. The Morgan fingerprint density at radius 1 is 1.21 bits per heavy atom. The molecule has 9 nitrogen and oxygen atoms in total. The number of methoxy groups -OCH3 is 1. The number of aryl methyl sites for hydroxylation is 1.